The zero-order valence-electron chi connectivity index (χ0n) is 6.64. The molecule has 0 fully saturated rings. The van der Waals surface area contributed by atoms with Crippen molar-refractivity contribution >= 4 is 18.0 Å². The van der Waals surface area contributed by atoms with Crippen molar-refractivity contribution in [1.82, 2.24) is 0 Å². The molecule has 1 rings (SSSR count). The Bertz CT molecular complexity index is 340. The zero-order valence-corrected chi connectivity index (χ0v) is 6.64. The first kappa shape index (κ1) is 9.12. The van der Waals surface area contributed by atoms with Crippen molar-refractivity contribution in [2.45, 2.75) is 0 Å². The highest BCUT2D eigenvalue weighted by Gasteiger charge is 2.01. The second-order valence-corrected chi connectivity index (χ2v) is 2.30. The maximum Gasteiger partial charge on any atom is 0.269 e. The summed E-state index contributed by atoms with van der Waals surface area (Å²) in [4.78, 5) is 19.6. The number of hydrogen-bond donors (Lipinski definition) is 0. The molecule has 65 valence electrons. The number of hydrogen-bond acceptors (Lipinski definition) is 3. The molecule has 0 amide bonds. The molecular weight excluding hydrogens is 170 g/mol. The van der Waals surface area contributed by atoms with Crippen LogP contribution in [0.4, 0.5) is 5.69 Å². The predicted molar refractivity (Wildman–Crippen MR) is 47.8 cm³/mol. The maximum atomic E-state index is 10.3. The molecule has 4 nitrogen and oxygen atoms in total. The van der Waals surface area contributed by atoms with Gasteiger partial charge in [0.15, 0.2) is 0 Å². The number of benzene rings is 1. The number of nitrogens with zero attached hydrogens (tertiary/aromatic N) is 1. The fourth-order valence-corrected chi connectivity index (χ4v) is 0.837. The van der Waals surface area contributed by atoms with E-state index in [1.807, 2.05) is 0 Å². The number of non-ortho nitro benzene ring substituents is 1. The molecule has 1 aromatic carbocycles. The van der Waals surface area contributed by atoms with E-state index in [2.05, 4.69) is 0 Å². The highest BCUT2D eigenvalue weighted by Crippen LogP contribution is 2.12. The summed E-state index contributed by atoms with van der Waals surface area (Å²) in [6.07, 6.45) is 4.32. The fourth-order valence-electron chi connectivity index (χ4n) is 0.837. The van der Waals surface area contributed by atoms with E-state index in [4.69, 9.17) is 0 Å². The predicted octanol–water partition coefficient (Wildman–Crippen LogP) is 1.72. The van der Waals surface area contributed by atoms with E-state index in [-0.39, 0.29) is 5.69 Å². The molecule has 0 bridgehead atoms. The van der Waals surface area contributed by atoms with Crippen molar-refractivity contribution in [2.24, 2.45) is 0 Å². The van der Waals surface area contributed by atoms with Gasteiger partial charge in [0, 0.05) is 12.1 Å². The van der Waals surface area contributed by atoms with Crippen LogP contribution >= 0.6 is 0 Å². The molecule has 0 aliphatic carbocycles. The van der Waals surface area contributed by atoms with Crippen LogP contribution in [-0.2, 0) is 4.79 Å². The van der Waals surface area contributed by atoms with Crippen LogP contribution in [0, 0.1) is 10.1 Å². The van der Waals surface area contributed by atoms with Crippen LogP contribution in [0.3, 0.4) is 0 Å². The van der Waals surface area contributed by atoms with Crippen LogP contribution in [0.2, 0.25) is 0 Å². The molecule has 1 radical (unpaired) electrons. The van der Waals surface area contributed by atoms with Gasteiger partial charge in [0.25, 0.3) is 5.69 Å². The number of nitro benzene ring substituents is 1. The Hall–Kier alpha value is -1.97. The monoisotopic (exact) mass is 176 g/mol. The lowest BCUT2D eigenvalue weighted by Gasteiger charge is -1.91. The third-order valence-electron chi connectivity index (χ3n) is 1.45. The first-order valence-electron chi connectivity index (χ1n) is 3.52. The van der Waals surface area contributed by atoms with Gasteiger partial charge in [-0.25, -0.2) is 0 Å². The van der Waals surface area contributed by atoms with Gasteiger partial charge in [0.05, 0.1) is 4.92 Å². The summed E-state index contributed by atoms with van der Waals surface area (Å²) in [5.41, 5.74) is 0.765. The molecule has 4 heteroatoms. The van der Waals surface area contributed by atoms with Crippen molar-refractivity contribution in [3.05, 3.63) is 46.0 Å². The quantitative estimate of drug-likeness (QED) is 0.400. The second-order valence-electron chi connectivity index (χ2n) is 2.30. The smallest absolute Gasteiger partial charge is 0.269 e. The molecule has 0 heterocycles. The lowest BCUT2D eigenvalue weighted by Crippen LogP contribution is -1.86. The van der Waals surface area contributed by atoms with Crippen molar-refractivity contribution < 1.29 is 9.72 Å². The van der Waals surface area contributed by atoms with E-state index >= 15 is 0 Å². The normalized spacial score (nSPS) is 10.2. The van der Waals surface area contributed by atoms with Crippen LogP contribution in [0.25, 0.3) is 6.08 Å². The number of allylic oxidation sites excluding steroid dienone is 1. The van der Waals surface area contributed by atoms with E-state index < -0.39 is 4.92 Å². The van der Waals surface area contributed by atoms with Crippen molar-refractivity contribution in [3.8, 4) is 0 Å². The summed E-state index contributed by atoms with van der Waals surface area (Å²) < 4.78 is 0. The number of rotatable bonds is 3. The Morgan fingerprint density at radius 1 is 1.31 bits per heavy atom. The van der Waals surface area contributed by atoms with Gasteiger partial charge in [-0.05, 0) is 23.8 Å². The summed E-state index contributed by atoms with van der Waals surface area (Å²) >= 11 is 0. The first-order chi connectivity index (χ1) is 6.24. The van der Waals surface area contributed by atoms with Crippen molar-refractivity contribution in [1.29, 1.82) is 0 Å². The average molecular weight is 176 g/mol. The standard InChI is InChI=1S/C9H6NO3/c11-7-1-2-8-3-5-9(6-4-8)10(12)13/h1-6H. The summed E-state index contributed by atoms with van der Waals surface area (Å²) in [6.45, 7) is 0. The summed E-state index contributed by atoms with van der Waals surface area (Å²) in [7, 11) is 0. The van der Waals surface area contributed by atoms with E-state index in [9.17, 15) is 14.9 Å². The molecule has 13 heavy (non-hydrogen) atoms. The largest absolute Gasteiger partial charge is 0.286 e. The van der Waals surface area contributed by atoms with Crippen LogP contribution in [0.15, 0.2) is 30.3 Å². The third kappa shape index (κ3) is 2.52. The number of nitro groups is 1. The maximum absolute atomic E-state index is 10.3. The fraction of sp³-hybridized carbons (Fsp3) is 0. The van der Waals surface area contributed by atoms with Gasteiger partial charge < -0.3 is 0 Å². The topological polar surface area (TPSA) is 60.2 Å². The highest BCUT2D eigenvalue weighted by atomic mass is 16.6. The minimum absolute atomic E-state index is 0.0345. The minimum atomic E-state index is -0.473. The van der Waals surface area contributed by atoms with Gasteiger partial charge >= 0.3 is 0 Å². The molecule has 0 aliphatic heterocycles. The molecule has 0 saturated carbocycles. The van der Waals surface area contributed by atoms with Crippen molar-refractivity contribution in [2.75, 3.05) is 0 Å². The van der Waals surface area contributed by atoms with E-state index in [1.165, 1.54) is 24.3 Å². The summed E-state index contributed by atoms with van der Waals surface area (Å²) in [5.74, 6) is 0. The van der Waals surface area contributed by atoms with Gasteiger partial charge in [-0.2, -0.15) is 0 Å². The lowest BCUT2D eigenvalue weighted by atomic mass is 10.2. The van der Waals surface area contributed by atoms with Crippen LogP contribution in [0.5, 0.6) is 0 Å². The molecular formula is C9H6NO3. The Balaban J connectivity index is 2.87. The molecule has 0 atom stereocenters. The second kappa shape index (κ2) is 4.15. The van der Waals surface area contributed by atoms with Gasteiger partial charge in [-0.1, -0.05) is 6.08 Å². The van der Waals surface area contributed by atoms with E-state index in [0.717, 1.165) is 5.56 Å². The van der Waals surface area contributed by atoms with E-state index in [0.29, 0.717) is 0 Å². The Morgan fingerprint density at radius 2 is 1.92 bits per heavy atom. The zero-order chi connectivity index (χ0) is 9.68. The first-order valence-corrected chi connectivity index (χ1v) is 3.52. The van der Waals surface area contributed by atoms with Crippen molar-refractivity contribution in [3.63, 3.8) is 0 Å². The molecule has 1 aromatic rings. The van der Waals surface area contributed by atoms with Gasteiger partial charge in [-0.15, -0.1) is 0 Å². The average Bonchev–Trinajstić information content (AvgIpc) is 2.15. The SMILES string of the molecule is O=[C]C=Cc1ccc([N+](=O)[O-])cc1. The Morgan fingerprint density at radius 3 is 2.38 bits per heavy atom. The van der Waals surface area contributed by atoms with E-state index in [1.54, 1.807) is 18.4 Å². The van der Waals surface area contributed by atoms with Gasteiger partial charge in [-0.3, -0.25) is 14.9 Å². The van der Waals surface area contributed by atoms with Crippen LogP contribution < -0.4 is 0 Å². The van der Waals surface area contributed by atoms with Crippen LogP contribution in [0.1, 0.15) is 5.56 Å². The lowest BCUT2D eigenvalue weighted by molar-refractivity contribution is -0.384. The van der Waals surface area contributed by atoms with Gasteiger partial charge in [0.2, 0.25) is 6.29 Å². The summed E-state index contributed by atoms with van der Waals surface area (Å²) in [6, 6.07) is 5.88. The molecule has 0 N–H and O–H groups in total. The third-order valence-corrected chi connectivity index (χ3v) is 1.45. The Kier molecular flexibility index (Phi) is 2.92. The molecule has 0 spiro atoms. The molecule has 0 unspecified atom stereocenters. The molecule has 0 aromatic heterocycles. The highest BCUT2D eigenvalue weighted by molar-refractivity contribution is 5.74. The summed E-state index contributed by atoms with van der Waals surface area (Å²) in [5, 5.41) is 10.3. The van der Waals surface area contributed by atoms with Crippen LogP contribution in [-0.4, -0.2) is 11.2 Å². The molecule has 0 aliphatic rings. The Labute approximate surface area is 74.7 Å². The van der Waals surface area contributed by atoms with Gasteiger partial charge in [0.1, 0.15) is 0 Å². The molecule has 0 saturated heterocycles. The minimum Gasteiger partial charge on any atom is -0.286 e. The number of carbonyl (C=O) groups excluding carboxylic acids is 1.